The molecule has 1 aromatic carbocycles. The van der Waals surface area contributed by atoms with Crippen molar-refractivity contribution in [2.24, 2.45) is 5.92 Å². The topological polar surface area (TPSA) is 112 Å². The van der Waals surface area contributed by atoms with Crippen molar-refractivity contribution in [2.45, 2.75) is 51.0 Å². The maximum atomic E-state index is 15.6. The van der Waals surface area contributed by atoms with Gasteiger partial charge in [-0.15, -0.1) is 0 Å². The summed E-state index contributed by atoms with van der Waals surface area (Å²) >= 11 is 10.1. The zero-order chi connectivity index (χ0) is 27.4. The Hall–Kier alpha value is -2.02. The molecule has 1 aliphatic heterocycles. The molecule has 6 atom stereocenters. The molecule has 1 saturated heterocycles. The van der Waals surface area contributed by atoms with Gasteiger partial charge in [0.25, 0.3) is 0 Å². The van der Waals surface area contributed by atoms with Gasteiger partial charge < -0.3 is 24.1 Å². The first-order valence-corrected chi connectivity index (χ1v) is 14.0. The summed E-state index contributed by atoms with van der Waals surface area (Å²) in [6.07, 6.45) is -4.54. The lowest BCUT2D eigenvalue weighted by Crippen LogP contribution is -2.45. The number of alkyl halides is 2. The molecule has 1 aliphatic rings. The second kappa shape index (κ2) is 12.2. The molecule has 0 aliphatic carbocycles. The third kappa shape index (κ3) is 7.10. The molecule has 2 N–H and O–H groups in total. The molecule has 9 nitrogen and oxygen atoms in total. The number of halogens is 2. The highest BCUT2D eigenvalue weighted by Crippen LogP contribution is 2.51. The minimum atomic E-state index is -4.09. The average Bonchev–Trinajstić information content (AvgIpc) is 3.08. The highest BCUT2D eigenvalue weighted by molar-refractivity contribution is 7.72. The molecular formula is C23H29F2N2O7PS2. The lowest BCUT2D eigenvalue weighted by molar-refractivity contribution is -0.151. The number of esters is 1. The van der Waals surface area contributed by atoms with Crippen molar-refractivity contribution in [3.8, 4) is 5.75 Å². The SMILES string of the molecule is CC(C)OC(=O)[C@H](C)CP(=O)(OC[C@H]1O[C@@H](n2ccc(=S)[nH]c2=S)C(F)(CF)[C@H]1O)Oc1ccccc1. The van der Waals surface area contributed by atoms with Gasteiger partial charge in [-0.1, -0.05) is 37.3 Å². The van der Waals surface area contributed by atoms with E-state index in [1.165, 1.54) is 19.2 Å². The van der Waals surface area contributed by atoms with Crippen LogP contribution in [0.5, 0.6) is 5.75 Å². The van der Waals surface area contributed by atoms with Crippen LogP contribution < -0.4 is 4.52 Å². The van der Waals surface area contributed by atoms with Gasteiger partial charge in [-0.2, -0.15) is 0 Å². The number of aliphatic hydroxyl groups is 1. The number of rotatable bonds is 11. The van der Waals surface area contributed by atoms with Gasteiger partial charge in [0.2, 0.25) is 5.67 Å². The number of nitrogens with zero attached hydrogens (tertiary/aromatic N) is 1. The van der Waals surface area contributed by atoms with E-state index in [-0.39, 0.29) is 27.4 Å². The van der Waals surface area contributed by atoms with Gasteiger partial charge in [-0.05, 0) is 44.3 Å². The molecule has 1 aromatic heterocycles. The summed E-state index contributed by atoms with van der Waals surface area (Å²) in [4.78, 5) is 15.0. The quantitative estimate of drug-likeness (QED) is 0.214. The molecule has 2 unspecified atom stereocenters. The molecule has 2 heterocycles. The summed E-state index contributed by atoms with van der Waals surface area (Å²) in [6, 6.07) is 9.52. The third-order valence-corrected chi connectivity index (χ3v) is 8.12. The number of carbonyl (C=O) groups is 1. The Labute approximate surface area is 223 Å². The number of aromatic amines is 1. The molecule has 37 heavy (non-hydrogen) atoms. The summed E-state index contributed by atoms with van der Waals surface area (Å²) in [7, 11) is -4.09. The lowest BCUT2D eigenvalue weighted by atomic mass is 9.97. The summed E-state index contributed by atoms with van der Waals surface area (Å²) in [5, 5.41) is 10.6. The number of para-hydroxylation sites is 1. The zero-order valence-electron chi connectivity index (χ0n) is 20.4. The Morgan fingerprint density at radius 3 is 2.54 bits per heavy atom. The van der Waals surface area contributed by atoms with Crippen LogP contribution >= 0.6 is 32.0 Å². The minimum Gasteiger partial charge on any atom is -0.463 e. The lowest BCUT2D eigenvalue weighted by Gasteiger charge is -2.26. The second-order valence-electron chi connectivity index (χ2n) is 8.93. The monoisotopic (exact) mass is 578 g/mol. The predicted molar refractivity (Wildman–Crippen MR) is 136 cm³/mol. The fourth-order valence-electron chi connectivity index (χ4n) is 3.70. The fourth-order valence-corrected chi connectivity index (χ4v) is 6.05. The zero-order valence-corrected chi connectivity index (χ0v) is 22.9. The van der Waals surface area contributed by atoms with Gasteiger partial charge in [-0.3, -0.25) is 13.9 Å². The van der Waals surface area contributed by atoms with E-state index in [0.29, 0.717) is 0 Å². The van der Waals surface area contributed by atoms with Crippen molar-refractivity contribution >= 4 is 38.0 Å². The van der Waals surface area contributed by atoms with Gasteiger partial charge in [0.1, 0.15) is 29.3 Å². The number of benzene rings is 1. The largest absolute Gasteiger partial charge is 0.463 e. The highest BCUT2D eigenvalue weighted by Gasteiger charge is 2.59. The van der Waals surface area contributed by atoms with E-state index in [2.05, 4.69) is 4.98 Å². The minimum absolute atomic E-state index is 0.0442. The number of H-pyrrole nitrogens is 1. The van der Waals surface area contributed by atoms with E-state index < -0.39 is 56.9 Å². The number of hydrogen-bond acceptors (Lipinski definition) is 9. The molecular weight excluding hydrogens is 549 g/mol. The van der Waals surface area contributed by atoms with Crippen LogP contribution in [0.25, 0.3) is 0 Å². The normalized spacial score (nSPS) is 26.0. The van der Waals surface area contributed by atoms with Gasteiger partial charge in [0, 0.05) is 6.20 Å². The molecule has 2 aromatic rings. The van der Waals surface area contributed by atoms with E-state index in [1.807, 2.05) is 0 Å². The first-order chi connectivity index (χ1) is 17.4. The molecule has 0 spiro atoms. The maximum Gasteiger partial charge on any atom is 0.380 e. The Morgan fingerprint density at radius 1 is 1.27 bits per heavy atom. The summed E-state index contributed by atoms with van der Waals surface area (Å²) < 4.78 is 66.6. The summed E-state index contributed by atoms with van der Waals surface area (Å²) in [5.74, 6) is -1.28. The predicted octanol–water partition coefficient (Wildman–Crippen LogP) is 5.09. The standard InChI is InChI=1S/C23H29F2N2O7PS2/c1-14(2)32-20(29)15(3)12-35(30,34-16-7-5-4-6-8-16)31-11-17-19(28)23(25,13-24)21(33-17)27-10-9-18(36)26-22(27)37/h4-10,14-15,17,19,21,28H,11-13H2,1-3H3,(H,26,36,37)/t15-,17-,19+,21-,23?,35?/m1/s1. The average molecular weight is 579 g/mol. The molecule has 1 fully saturated rings. The van der Waals surface area contributed by atoms with Gasteiger partial charge in [-0.25, -0.2) is 13.3 Å². The number of nitrogens with one attached hydrogen (secondary N) is 1. The first kappa shape index (κ1) is 29.5. The fraction of sp³-hybridized carbons (Fsp3) is 0.522. The highest BCUT2D eigenvalue weighted by atomic mass is 32.1. The molecule has 0 saturated carbocycles. The molecule has 14 heteroatoms. The van der Waals surface area contributed by atoms with E-state index in [9.17, 15) is 18.9 Å². The van der Waals surface area contributed by atoms with Gasteiger partial charge in [0.15, 0.2) is 11.0 Å². The van der Waals surface area contributed by atoms with Crippen molar-refractivity contribution in [1.82, 2.24) is 9.55 Å². The van der Waals surface area contributed by atoms with Crippen molar-refractivity contribution < 1.29 is 41.8 Å². The van der Waals surface area contributed by atoms with Crippen LogP contribution in [-0.2, 0) is 23.4 Å². The number of hydrogen-bond donors (Lipinski definition) is 2. The Bertz CT molecular complexity index is 1250. The van der Waals surface area contributed by atoms with Gasteiger partial charge in [0.05, 0.1) is 24.8 Å². The molecule has 3 rings (SSSR count). The van der Waals surface area contributed by atoms with Crippen molar-refractivity contribution in [3.63, 3.8) is 0 Å². The van der Waals surface area contributed by atoms with Crippen LogP contribution in [0.3, 0.4) is 0 Å². The Balaban J connectivity index is 1.83. The van der Waals surface area contributed by atoms with E-state index in [0.717, 1.165) is 4.57 Å². The number of aliphatic hydroxyl groups excluding tert-OH is 1. The van der Waals surface area contributed by atoms with Crippen LogP contribution in [0.1, 0.15) is 27.0 Å². The van der Waals surface area contributed by atoms with Gasteiger partial charge >= 0.3 is 13.6 Å². The smallest absolute Gasteiger partial charge is 0.380 e. The molecule has 0 amide bonds. The van der Waals surface area contributed by atoms with E-state index >= 15 is 4.39 Å². The molecule has 204 valence electrons. The number of carbonyl (C=O) groups excluding carboxylic acids is 1. The Kier molecular flexibility index (Phi) is 9.76. The second-order valence-corrected chi connectivity index (χ2v) is 11.8. The maximum absolute atomic E-state index is 15.6. The molecule has 0 radical (unpaired) electrons. The third-order valence-electron chi connectivity index (χ3n) is 5.54. The van der Waals surface area contributed by atoms with Crippen LogP contribution in [0.4, 0.5) is 8.78 Å². The van der Waals surface area contributed by atoms with Crippen molar-refractivity contribution in [1.29, 1.82) is 0 Å². The van der Waals surface area contributed by atoms with E-state index in [4.69, 9.17) is 43.0 Å². The van der Waals surface area contributed by atoms with Crippen LogP contribution in [-0.4, -0.2) is 64.1 Å². The van der Waals surface area contributed by atoms with E-state index in [1.54, 1.807) is 44.2 Å². The first-order valence-electron chi connectivity index (χ1n) is 11.5. The summed E-state index contributed by atoms with van der Waals surface area (Å²) in [5.41, 5.74) is -2.89. The number of ether oxygens (including phenoxy) is 2. The van der Waals surface area contributed by atoms with Crippen molar-refractivity contribution in [2.75, 3.05) is 19.4 Å². The summed E-state index contributed by atoms with van der Waals surface area (Å²) in [6.45, 7) is 2.63. The molecule has 0 bridgehead atoms. The van der Waals surface area contributed by atoms with Crippen LogP contribution in [0.2, 0.25) is 0 Å². The van der Waals surface area contributed by atoms with Crippen LogP contribution in [0.15, 0.2) is 42.6 Å². The Morgan fingerprint density at radius 2 is 1.95 bits per heavy atom. The van der Waals surface area contributed by atoms with Crippen LogP contribution in [0, 0.1) is 15.3 Å². The number of aromatic nitrogens is 2. The van der Waals surface area contributed by atoms with Crippen molar-refractivity contribution in [3.05, 3.63) is 52.0 Å².